The normalized spacial score (nSPS) is 10.7. The molecular formula is C16H12N2O3S. The van der Waals surface area contributed by atoms with Gasteiger partial charge in [-0.1, -0.05) is 36.0 Å². The zero-order valence-electron chi connectivity index (χ0n) is 11.4. The molecule has 0 spiro atoms. The molecule has 0 atom stereocenters. The molecule has 1 aromatic heterocycles. The topological polar surface area (TPSA) is 83.0 Å². The highest BCUT2D eigenvalue weighted by atomic mass is 32.2. The number of H-pyrrole nitrogens is 1. The zero-order chi connectivity index (χ0) is 15.5. The average Bonchev–Trinajstić information content (AvgIpc) is 2.53. The maximum absolute atomic E-state index is 12.0. The van der Waals surface area contributed by atoms with Crippen LogP contribution in [0.4, 0.5) is 0 Å². The van der Waals surface area contributed by atoms with Crippen molar-refractivity contribution in [1.29, 1.82) is 0 Å². The highest BCUT2D eigenvalue weighted by Gasteiger charge is 2.07. The van der Waals surface area contributed by atoms with Crippen molar-refractivity contribution >= 4 is 28.8 Å². The van der Waals surface area contributed by atoms with Crippen LogP contribution in [0.5, 0.6) is 0 Å². The monoisotopic (exact) mass is 312 g/mol. The van der Waals surface area contributed by atoms with Crippen LogP contribution in [0, 0.1) is 0 Å². The van der Waals surface area contributed by atoms with E-state index in [2.05, 4.69) is 9.97 Å². The van der Waals surface area contributed by atoms with Crippen LogP contribution in [0.2, 0.25) is 0 Å². The van der Waals surface area contributed by atoms with Crippen LogP contribution >= 0.6 is 11.8 Å². The second-order valence-electron chi connectivity index (χ2n) is 4.68. The van der Waals surface area contributed by atoms with Crippen molar-refractivity contribution < 1.29 is 9.90 Å². The molecule has 110 valence electrons. The summed E-state index contributed by atoms with van der Waals surface area (Å²) < 4.78 is 0. The number of carbonyl (C=O) groups is 1. The Balaban J connectivity index is 1.80. The van der Waals surface area contributed by atoms with Crippen molar-refractivity contribution in [1.82, 2.24) is 9.97 Å². The van der Waals surface area contributed by atoms with Gasteiger partial charge >= 0.3 is 5.97 Å². The average molecular weight is 312 g/mol. The first-order valence-corrected chi connectivity index (χ1v) is 7.56. The van der Waals surface area contributed by atoms with Crippen molar-refractivity contribution in [3.63, 3.8) is 0 Å². The lowest BCUT2D eigenvalue weighted by Crippen LogP contribution is -2.10. The van der Waals surface area contributed by atoms with E-state index in [1.54, 1.807) is 24.3 Å². The Morgan fingerprint density at radius 3 is 2.59 bits per heavy atom. The third-order valence-corrected chi connectivity index (χ3v) is 4.17. The summed E-state index contributed by atoms with van der Waals surface area (Å²) in [6, 6.07) is 14.0. The van der Waals surface area contributed by atoms with Crippen LogP contribution in [-0.4, -0.2) is 21.0 Å². The standard InChI is InChI=1S/C16H12N2O3S/c19-14-15(18-13-4-2-1-3-12(13)17-14)22-9-10-5-7-11(8-6-10)16(20)21/h1-8H,9H2,(H,17,19)(H,20,21). The molecule has 5 nitrogen and oxygen atoms in total. The molecule has 0 unspecified atom stereocenters. The van der Waals surface area contributed by atoms with Gasteiger partial charge in [-0.25, -0.2) is 9.78 Å². The summed E-state index contributed by atoms with van der Waals surface area (Å²) in [6.45, 7) is 0. The van der Waals surface area contributed by atoms with Crippen LogP contribution in [0.15, 0.2) is 58.4 Å². The van der Waals surface area contributed by atoms with E-state index < -0.39 is 5.97 Å². The molecule has 0 fully saturated rings. The van der Waals surface area contributed by atoms with Crippen LogP contribution in [0.25, 0.3) is 11.0 Å². The second-order valence-corrected chi connectivity index (χ2v) is 5.64. The lowest BCUT2D eigenvalue weighted by atomic mass is 10.1. The molecule has 3 aromatic rings. The number of aromatic amines is 1. The maximum atomic E-state index is 12.0. The van der Waals surface area contributed by atoms with Crippen LogP contribution in [0.3, 0.4) is 0 Å². The van der Waals surface area contributed by atoms with Gasteiger partial charge in [0.05, 0.1) is 16.6 Å². The van der Waals surface area contributed by atoms with Gasteiger partial charge in [0.15, 0.2) is 5.03 Å². The Bertz CT molecular complexity index is 888. The number of carboxylic acid groups (broad SMARTS) is 1. The van der Waals surface area contributed by atoms with E-state index in [1.807, 2.05) is 24.3 Å². The first-order chi connectivity index (χ1) is 10.6. The Labute approximate surface area is 130 Å². The third-order valence-electron chi connectivity index (χ3n) is 3.14. The number of fused-ring (bicyclic) bond motifs is 1. The second kappa shape index (κ2) is 6.03. The van der Waals surface area contributed by atoms with E-state index in [1.165, 1.54) is 11.8 Å². The summed E-state index contributed by atoms with van der Waals surface area (Å²) >= 11 is 1.33. The Kier molecular flexibility index (Phi) is 3.93. The van der Waals surface area contributed by atoms with E-state index in [4.69, 9.17) is 5.11 Å². The summed E-state index contributed by atoms with van der Waals surface area (Å²) in [6.07, 6.45) is 0. The minimum absolute atomic E-state index is 0.217. The van der Waals surface area contributed by atoms with Crippen molar-refractivity contribution in [2.75, 3.05) is 0 Å². The van der Waals surface area contributed by atoms with Gasteiger partial charge in [-0.3, -0.25) is 4.79 Å². The van der Waals surface area contributed by atoms with E-state index in [-0.39, 0.29) is 11.1 Å². The smallest absolute Gasteiger partial charge is 0.335 e. The number of benzene rings is 2. The highest BCUT2D eigenvalue weighted by Crippen LogP contribution is 2.19. The number of nitrogens with zero attached hydrogens (tertiary/aromatic N) is 1. The van der Waals surface area contributed by atoms with Crippen molar-refractivity contribution in [3.8, 4) is 0 Å². The summed E-state index contributed by atoms with van der Waals surface area (Å²) in [4.78, 5) is 29.9. The van der Waals surface area contributed by atoms with Gasteiger partial charge in [0, 0.05) is 5.75 Å². The first kappa shape index (κ1) is 14.3. The Morgan fingerprint density at radius 2 is 1.86 bits per heavy atom. The molecule has 0 aliphatic carbocycles. The molecule has 0 aliphatic heterocycles. The molecule has 0 aliphatic rings. The van der Waals surface area contributed by atoms with Gasteiger partial charge in [0.1, 0.15) is 0 Å². The maximum Gasteiger partial charge on any atom is 0.335 e. The molecule has 0 bridgehead atoms. The van der Waals surface area contributed by atoms with Crippen LogP contribution < -0.4 is 5.56 Å². The Hall–Kier alpha value is -2.60. The quantitative estimate of drug-likeness (QED) is 0.724. The molecule has 3 rings (SSSR count). The van der Waals surface area contributed by atoms with Crippen molar-refractivity contribution in [2.45, 2.75) is 10.8 Å². The van der Waals surface area contributed by atoms with Gasteiger partial charge in [0.2, 0.25) is 0 Å². The molecule has 22 heavy (non-hydrogen) atoms. The van der Waals surface area contributed by atoms with Gasteiger partial charge in [-0.2, -0.15) is 0 Å². The number of aromatic carboxylic acids is 1. The third kappa shape index (κ3) is 3.01. The number of nitrogens with one attached hydrogen (secondary N) is 1. The molecule has 0 saturated carbocycles. The van der Waals surface area contributed by atoms with E-state index >= 15 is 0 Å². The Morgan fingerprint density at radius 1 is 1.14 bits per heavy atom. The zero-order valence-corrected chi connectivity index (χ0v) is 12.3. The number of rotatable bonds is 4. The van der Waals surface area contributed by atoms with Crippen molar-refractivity contribution in [3.05, 3.63) is 70.0 Å². The highest BCUT2D eigenvalue weighted by molar-refractivity contribution is 7.98. The van der Waals surface area contributed by atoms with Gasteiger partial charge in [0.25, 0.3) is 5.56 Å². The lowest BCUT2D eigenvalue weighted by molar-refractivity contribution is 0.0697. The molecule has 0 saturated heterocycles. The molecular weight excluding hydrogens is 300 g/mol. The predicted octanol–water partition coefficient (Wildman–Crippen LogP) is 2.91. The molecule has 6 heteroatoms. The summed E-state index contributed by atoms with van der Waals surface area (Å²) in [7, 11) is 0. The fourth-order valence-corrected chi connectivity index (χ4v) is 2.85. The molecule has 2 aromatic carbocycles. The summed E-state index contributed by atoms with van der Waals surface area (Å²) in [5.41, 5.74) is 2.42. The summed E-state index contributed by atoms with van der Waals surface area (Å²) in [5, 5.41) is 9.26. The van der Waals surface area contributed by atoms with Gasteiger partial charge < -0.3 is 10.1 Å². The number of para-hydroxylation sites is 2. The number of hydrogen-bond acceptors (Lipinski definition) is 4. The molecule has 0 amide bonds. The minimum atomic E-state index is -0.952. The number of aromatic nitrogens is 2. The fraction of sp³-hybridized carbons (Fsp3) is 0.0625. The molecule has 0 radical (unpaired) electrons. The minimum Gasteiger partial charge on any atom is -0.478 e. The SMILES string of the molecule is O=C(O)c1ccc(CSc2nc3ccccc3[nH]c2=O)cc1. The van der Waals surface area contributed by atoms with E-state index in [0.717, 1.165) is 11.1 Å². The lowest BCUT2D eigenvalue weighted by Gasteiger charge is -2.03. The fourth-order valence-electron chi connectivity index (χ4n) is 2.01. The molecule has 2 N–H and O–H groups in total. The molecule has 1 heterocycles. The first-order valence-electron chi connectivity index (χ1n) is 6.57. The number of hydrogen-bond donors (Lipinski definition) is 2. The number of carboxylic acids is 1. The van der Waals surface area contributed by atoms with Crippen LogP contribution in [0.1, 0.15) is 15.9 Å². The van der Waals surface area contributed by atoms with Crippen molar-refractivity contribution in [2.24, 2.45) is 0 Å². The van der Waals surface area contributed by atoms with E-state index in [9.17, 15) is 9.59 Å². The summed E-state index contributed by atoms with van der Waals surface area (Å²) in [5.74, 6) is -0.402. The van der Waals surface area contributed by atoms with Crippen LogP contribution in [-0.2, 0) is 5.75 Å². The van der Waals surface area contributed by atoms with Gasteiger partial charge in [-0.15, -0.1) is 0 Å². The van der Waals surface area contributed by atoms with E-state index in [0.29, 0.717) is 16.3 Å². The number of thioether (sulfide) groups is 1. The predicted molar refractivity (Wildman–Crippen MR) is 85.3 cm³/mol. The largest absolute Gasteiger partial charge is 0.478 e. The van der Waals surface area contributed by atoms with Gasteiger partial charge in [-0.05, 0) is 29.8 Å².